The van der Waals surface area contributed by atoms with Crippen molar-refractivity contribution >= 4 is 18.1 Å². The molecule has 1 unspecified atom stereocenters. The van der Waals surface area contributed by atoms with Crippen LogP contribution in [-0.4, -0.2) is 135 Å². The van der Waals surface area contributed by atoms with Crippen molar-refractivity contribution in [3.63, 3.8) is 0 Å². The fraction of sp³-hybridized carbons (Fsp3) is 0.343. The van der Waals surface area contributed by atoms with Gasteiger partial charge >= 0.3 is 5.97 Å². The highest BCUT2D eigenvalue weighted by atomic mass is 16.8. The number of carbonyl (C=O) groups is 1. The van der Waals surface area contributed by atoms with Crippen molar-refractivity contribution in [1.82, 2.24) is 0 Å². The van der Waals surface area contributed by atoms with Gasteiger partial charge in [0.1, 0.15) is 60.3 Å². The number of benzene rings is 3. The molecular formula is C35H37O18+. The fourth-order valence-corrected chi connectivity index (χ4v) is 5.83. The summed E-state index contributed by atoms with van der Waals surface area (Å²) < 4.78 is 33.1. The first kappa shape index (κ1) is 37.4. The molecule has 2 saturated heterocycles. The molecule has 3 aromatic rings. The highest BCUT2D eigenvalue weighted by Gasteiger charge is 2.51. The monoisotopic (exact) mass is 745 g/mol. The molecule has 3 aliphatic rings. The maximum Gasteiger partial charge on any atom is 0.330 e. The minimum Gasteiger partial charge on any atom is -0.571 e. The molecule has 18 nitrogen and oxygen atoms in total. The molecule has 18 heteroatoms. The number of hydrogen-bond donors (Lipinski definition) is 11. The average molecular weight is 746 g/mol. The second-order valence-electron chi connectivity index (χ2n) is 12.4. The normalized spacial score (nSPS) is 29.9. The Bertz CT molecular complexity index is 1880. The molecule has 3 heterocycles. The lowest BCUT2D eigenvalue weighted by molar-refractivity contribution is -0.353. The minimum absolute atomic E-state index is 0.0771. The molecular weight excluding hydrogens is 708 g/mol. The quantitative estimate of drug-likeness (QED) is 0.0585. The van der Waals surface area contributed by atoms with Crippen LogP contribution in [-0.2, 0) is 28.5 Å². The van der Waals surface area contributed by atoms with E-state index in [-0.39, 0.29) is 34.1 Å². The number of ether oxygens (including phenoxy) is 6. The zero-order valence-electron chi connectivity index (χ0n) is 27.4. The van der Waals surface area contributed by atoms with Crippen molar-refractivity contribution in [2.45, 2.75) is 61.4 Å². The summed E-state index contributed by atoms with van der Waals surface area (Å²) in [7, 11) is 0. The van der Waals surface area contributed by atoms with Gasteiger partial charge in [-0.1, -0.05) is 6.07 Å². The second kappa shape index (κ2) is 15.3. The van der Waals surface area contributed by atoms with E-state index in [9.17, 15) is 61.0 Å². The van der Waals surface area contributed by atoms with Gasteiger partial charge in [0.15, 0.2) is 41.2 Å². The van der Waals surface area contributed by atoms with E-state index < -0.39 is 104 Å². The molecule has 0 aromatic heterocycles. The van der Waals surface area contributed by atoms with Crippen LogP contribution in [0.5, 0.6) is 40.2 Å². The summed E-state index contributed by atoms with van der Waals surface area (Å²) in [5.74, 6) is -3.42. The summed E-state index contributed by atoms with van der Waals surface area (Å²) >= 11 is 0. The van der Waals surface area contributed by atoms with E-state index in [1.807, 2.05) is 0 Å². The SMILES string of the molecule is O=C(/C=C/c1ccc(O)c(O)c1)OC[C@H]1O[C@@H](OC2=Cc3c(O)cc(O)cc3[OH+]C2c2ccc(O)c(O)c2)[C@H](O[C@@H]2OC[C@H](O)[C@H](O)[C@@H]2O)[C@@H](O)[C@@H]1O. The van der Waals surface area contributed by atoms with E-state index in [0.29, 0.717) is 5.56 Å². The lowest BCUT2D eigenvalue weighted by Crippen LogP contribution is -2.63. The van der Waals surface area contributed by atoms with Gasteiger partial charge in [-0.2, -0.15) is 0 Å². The minimum atomic E-state index is -1.91. The van der Waals surface area contributed by atoms with Crippen molar-refractivity contribution in [3.05, 3.63) is 77.1 Å². The Labute approximate surface area is 299 Å². The van der Waals surface area contributed by atoms with E-state index in [0.717, 1.165) is 12.1 Å². The number of carbonyl (C=O) groups excluding carboxylic acids is 1. The van der Waals surface area contributed by atoms with Crippen LogP contribution in [0, 0.1) is 0 Å². The number of aromatic hydroxyl groups is 7. The fourth-order valence-electron chi connectivity index (χ4n) is 5.83. The predicted molar refractivity (Wildman–Crippen MR) is 176 cm³/mol. The molecule has 0 aliphatic carbocycles. The van der Waals surface area contributed by atoms with Gasteiger partial charge in [-0.15, -0.1) is 0 Å². The van der Waals surface area contributed by atoms with E-state index in [4.69, 9.17) is 23.7 Å². The number of fused-ring (bicyclic) bond motifs is 1. The lowest BCUT2D eigenvalue weighted by atomic mass is 9.97. The van der Waals surface area contributed by atoms with Gasteiger partial charge in [0, 0.05) is 18.2 Å². The molecule has 2 fully saturated rings. The van der Waals surface area contributed by atoms with Crippen LogP contribution in [0.3, 0.4) is 0 Å². The maximum absolute atomic E-state index is 12.6. The summed E-state index contributed by atoms with van der Waals surface area (Å²) in [5, 5.41) is 113. The Morgan fingerprint density at radius 1 is 0.792 bits per heavy atom. The number of phenolic OH excluding ortho intramolecular Hbond substituents is 6. The van der Waals surface area contributed by atoms with Crippen LogP contribution < -0.4 is 0 Å². The molecule has 3 aliphatic heterocycles. The molecule has 10 atom stereocenters. The van der Waals surface area contributed by atoms with Gasteiger partial charge in [-0.25, -0.2) is 4.79 Å². The number of rotatable bonds is 9. The maximum atomic E-state index is 12.6. The third kappa shape index (κ3) is 8.04. The molecule has 53 heavy (non-hydrogen) atoms. The summed E-state index contributed by atoms with van der Waals surface area (Å²) in [4.78, 5) is 12.6. The average Bonchev–Trinajstić information content (AvgIpc) is 3.12. The smallest absolute Gasteiger partial charge is 0.330 e. The van der Waals surface area contributed by atoms with Gasteiger partial charge in [0.25, 0.3) is 11.9 Å². The summed E-state index contributed by atoms with van der Waals surface area (Å²) in [6.07, 6.45) is -13.0. The van der Waals surface area contributed by atoms with Crippen LogP contribution in [0.1, 0.15) is 22.8 Å². The molecule has 6 rings (SSSR count). The molecule has 0 bridgehead atoms. The Balaban J connectivity index is 1.30. The first-order chi connectivity index (χ1) is 25.2. The number of aliphatic hydroxyl groups excluding tert-OH is 5. The Morgan fingerprint density at radius 2 is 1.51 bits per heavy atom. The van der Waals surface area contributed by atoms with Gasteiger partial charge < -0.3 is 84.6 Å². The number of phenols is 6. The molecule has 0 amide bonds. The molecule has 0 saturated carbocycles. The predicted octanol–water partition coefficient (Wildman–Crippen LogP) is -0.199. The van der Waals surface area contributed by atoms with E-state index in [1.165, 1.54) is 54.6 Å². The Morgan fingerprint density at radius 3 is 2.23 bits per heavy atom. The number of esters is 1. The van der Waals surface area contributed by atoms with Crippen molar-refractivity contribution in [1.29, 1.82) is 0 Å². The largest absolute Gasteiger partial charge is 0.571 e. The summed E-state index contributed by atoms with van der Waals surface area (Å²) in [5.41, 5.74) is 0.648. The van der Waals surface area contributed by atoms with Crippen LogP contribution in [0.2, 0.25) is 0 Å². The van der Waals surface area contributed by atoms with Crippen molar-refractivity contribution < 1.29 is 89.4 Å². The zero-order chi connectivity index (χ0) is 38.1. The van der Waals surface area contributed by atoms with Gasteiger partial charge in [0.05, 0.1) is 18.2 Å². The highest BCUT2D eigenvalue weighted by molar-refractivity contribution is 5.87. The first-order valence-electron chi connectivity index (χ1n) is 16.1. The number of hydrogen-bond acceptors (Lipinski definition) is 17. The first-order valence-corrected chi connectivity index (χ1v) is 16.1. The standard InChI is InChI=1S/C35H36O18/c36-16-9-20(39)17-11-25(32(50-24(17)10-16)15-3-5-19(38)22(41)8-15)51-35-33(53-34-31(47)28(44)23(42)12-49-34)30(46)29(45)26(52-35)13-48-27(43)6-2-14-1-4-18(37)21(40)7-14/h1-11,23,26,28-42,44-47H,12-13H2/p+1/b6-2+/t23-,26+,28-,29+,30-,31-,32?,33+,34-,35+/m0/s1. The third-order valence-electron chi connectivity index (χ3n) is 8.70. The van der Waals surface area contributed by atoms with Crippen molar-refractivity contribution in [2.75, 3.05) is 13.2 Å². The van der Waals surface area contributed by atoms with E-state index >= 15 is 0 Å². The highest BCUT2D eigenvalue weighted by Crippen LogP contribution is 2.46. The van der Waals surface area contributed by atoms with Crippen LogP contribution in [0.15, 0.2) is 60.4 Å². The third-order valence-corrected chi connectivity index (χ3v) is 8.70. The van der Waals surface area contributed by atoms with E-state index in [1.54, 1.807) is 0 Å². The summed E-state index contributed by atoms with van der Waals surface area (Å²) in [6, 6.07) is 9.87. The molecule has 3 aromatic carbocycles. The van der Waals surface area contributed by atoms with Crippen LogP contribution in [0.25, 0.3) is 12.2 Å². The number of aliphatic hydroxyl groups is 6. The second-order valence-corrected chi connectivity index (χ2v) is 12.4. The van der Waals surface area contributed by atoms with Gasteiger partial charge in [0.2, 0.25) is 6.29 Å². The molecule has 0 radical (unpaired) electrons. The lowest BCUT2D eigenvalue weighted by Gasteiger charge is -2.45. The topological polar surface area (TPSA) is 299 Å². The summed E-state index contributed by atoms with van der Waals surface area (Å²) in [6.45, 7) is -1.14. The van der Waals surface area contributed by atoms with Crippen molar-refractivity contribution in [3.8, 4) is 40.2 Å². The van der Waals surface area contributed by atoms with Crippen LogP contribution in [0.4, 0.5) is 0 Å². The van der Waals surface area contributed by atoms with Gasteiger partial charge in [-0.05, 0) is 42.0 Å². The van der Waals surface area contributed by atoms with Crippen molar-refractivity contribution in [2.24, 2.45) is 0 Å². The zero-order valence-corrected chi connectivity index (χ0v) is 27.4. The molecule has 284 valence electrons. The Hall–Kier alpha value is -5.31. The van der Waals surface area contributed by atoms with Gasteiger partial charge in [-0.3, -0.25) is 0 Å². The Kier molecular flexibility index (Phi) is 10.8. The molecule has 0 spiro atoms. The van der Waals surface area contributed by atoms with E-state index in [2.05, 4.69) is 4.74 Å². The molecule has 12 N–H and O–H groups in total. The van der Waals surface area contributed by atoms with Crippen LogP contribution >= 0.6 is 0 Å².